The highest BCUT2D eigenvalue weighted by atomic mass is 35.5. The molecule has 0 aliphatic heterocycles. The highest BCUT2D eigenvalue weighted by Gasteiger charge is 2.11. The van der Waals surface area contributed by atoms with Gasteiger partial charge >= 0.3 is 0 Å². The largest absolute Gasteiger partial charge is 0.361 e. The number of aryl methyl sites for hydroxylation is 2. The molecule has 0 radical (unpaired) electrons. The normalized spacial score (nSPS) is 10.9. The first-order valence-corrected chi connectivity index (χ1v) is 5.58. The molecule has 0 saturated carbocycles. The van der Waals surface area contributed by atoms with E-state index in [1.807, 2.05) is 17.6 Å². The first-order valence-electron chi connectivity index (χ1n) is 5.20. The van der Waals surface area contributed by atoms with E-state index < -0.39 is 0 Å². The minimum absolute atomic E-state index is 0.393. The zero-order chi connectivity index (χ0) is 11.5. The van der Waals surface area contributed by atoms with Crippen molar-refractivity contribution in [2.45, 2.75) is 33.2 Å². The van der Waals surface area contributed by atoms with E-state index >= 15 is 0 Å². The van der Waals surface area contributed by atoms with Crippen molar-refractivity contribution >= 4 is 11.6 Å². The highest BCUT2D eigenvalue weighted by Crippen LogP contribution is 2.13. The summed E-state index contributed by atoms with van der Waals surface area (Å²) >= 11 is 5.97. The zero-order valence-electron chi connectivity index (χ0n) is 9.27. The van der Waals surface area contributed by atoms with Crippen LogP contribution in [0.15, 0.2) is 10.6 Å². The quantitative estimate of drug-likeness (QED) is 0.822. The fourth-order valence-electron chi connectivity index (χ4n) is 1.53. The molecule has 0 spiro atoms. The number of hydrogen-bond donors (Lipinski definition) is 0. The van der Waals surface area contributed by atoms with Crippen LogP contribution in [0.5, 0.6) is 0 Å². The lowest BCUT2D eigenvalue weighted by atomic mass is 10.3. The van der Waals surface area contributed by atoms with E-state index in [0.717, 1.165) is 30.1 Å². The molecule has 0 amide bonds. The van der Waals surface area contributed by atoms with Crippen molar-refractivity contribution in [2.24, 2.45) is 0 Å². The van der Waals surface area contributed by atoms with E-state index in [1.54, 1.807) is 0 Å². The monoisotopic (exact) mass is 240 g/mol. The molecule has 86 valence electrons. The molecule has 0 unspecified atom stereocenters. The maximum Gasteiger partial charge on any atom is 0.225 e. The molecule has 16 heavy (non-hydrogen) atoms. The van der Waals surface area contributed by atoms with Crippen LogP contribution in [0, 0.1) is 6.92 Å². The summed E-state index contributed by atoms with van der Waals surface area (Å²) in [7, 11) is 0. The molecular formula is C10H13ClN4O. The van der Waals surface area contributed by atoms with E-state index in [2.05, 4.69) is 22.3 Å². The molecule has 0 aromatic carbocycles. The summed E-state index contributed by atoms with van der Waals surface area (Å²) in [6.07, 6.45) is 1.86. The van der Waals surface area contributed by atoms with Crippen LogP contribution in [0.3, 0.4) is 0 Å². The smallest absolute Gasteiger partial charge is 0.225 e. The fourth-order valence-corrected chi connectivity index (χ4v) is 1.73. The average Bonchev–Trinajstić information content (AvgIpc) is 2.79. The van der Waals surface area contributed by atoms with E-state index in [9.17, 15) is 0 Å². The zero-order valence-corrected chi connectivity index (χ0v) is 10.0. The van der Waals surface area contributed by atoms with E-state index in [1.165, 1.54) is 0 Å². The fraction of sp³-hybridized carbons (Fsp3) is 0.500. The van der Waals surface area contributed by atoms with Crippen LogP contribution < -0.4 is 0 Å². The molecule has 0 aliphatic carbocycles. The Kier molecular flexibility index (Phi) is 3.24. The van der Waals surface area contributed by atoms with E-state index in [0.29, 0.717) is 11.8 Å². The van der Waals surface area contributed by atoms with Crippen LogP contribution in [0.2, 0.25) is 5.28 Å². The van der Waals surface area contributed by atoms with Gasteiger partial charge in [0.15, 0.2) is 0 Å². The van der Waals surface area contributed by atoms with Gasteiger partial charge in [-0.2, -0.15) is 0 Å². The van der Waals surface area contributed by atoms with Gasteiger partial charge in [0.25, 0.3) is 0 Å². The van der Waals surface area contributed by atoms with Crippen LogP contribution >= 0.6 is 11.6 Å². The summed E-state index contributed by atoms with van der Waals surface area (Å²) in [4.78, 5) is 0. The molecule has 0 saturated heterocycles. The van der Waals surface area contributed by atoms with Gasteiger partial charge in [-0.3, -0.25) is 4.57 Å². The van der Waals surface area contributed by atoms with Crippen LogP contribution in [0.25, 0.3) is 0 Å². The second-order valence-corrected chi connectivity index (χ2v) is 3.99. The van der Waals surface area contributed by atoms with Gasteiger partial charge in [-0.15, -0.1) is 10.2 Å². The maximum absolute atomic E-state index is 5.97. The second-order valence-electron chi connectivity index (χ2n) is 3.65. The highest BCUT2D eigenvalue weighted by molar-refractivity contribution is 6.28. The summed E-state index contributed by atoms with van der Waals surface area (Å²) in [6.45, 7) is 4.50. The van der Waals surface area contributed by atoms with Crippen molar-refractivity contribution in [1.29, 1.82) is 0 Å². The summed E-state index contributed by atoms with van der Waals surface area (Å²) in [5.41, 5.74) is 0.830. The minimum Gasteiger partial charge on any atom is -0.361 e. The van der Waals surface area contributed by atoms with Gasteiger partial charge in [0.1, 0.15) is 17.3 Å². The second kappa shape index (κ2) is 4.65. The Bertz CT molecular complexity index is 477. The predicted molar refractivity (Wildman–Crippen MR) is 59.4 cm³/mol. The molecule has 2 aromatic heterocycles. The molecule has 5 nitrogen and oxygen atoms in total. The SMILES string of the molecule is CCCc1nnc(Cl)n1Cc1cc(C)on1. The molecule has 0 bridgehead atoms. The average molecular weight is 241 g/mol. The van der Waals surface area contributed by atoms with E-state index in [-0.39, 0.29) is 0 Å². The molecule has 6 heteroatoms. The molecule has 0 atom stereocenters. The molecule has 2 rings (SSSR count). The molecular weight excluding hydrogens is 228 g/mol. The maximum atomic E-state index is 5.97. The van der Waals surface area contributed by atoms with E-state index in [4.69, 9.17) is 16.1 Å². The van der Waals surface area contributed by atoms with Crippen LogP contribution in [-0.2, 0) is 13.0 Å². The Labute approximate surface area is 98.4 Å². The minimum atomic E-state index is 0.393. The Morgan fingerprint density at radius 1 is 1.44 bits per heavy atom. The number of halogens is 1. The van der Waals surface area contributed by atoms with Gasteiger partial charge in [0, 0.05) is 12.5 Å². The molecule has 0 N–H and O–H groups in total. The Hall–Kier alpha value is -1.36. The summed E-state index contributed by atoms with van der Waals surface area (Å²) in [6, 6.07) is 1.88. The lowest BCUT2D eigenvalue weighted by Crippen LogP contribution is -2.05. The Morgan fingerprint density at radius 3 is 2.88 bits per heavy atom. The van der Waals surface area contributed by atoms with Crippen LogP contribution in [-0.4, -0.2) is 19.9 Å². The van der Waals surface area contributed by atoms with Gasteiger partial charge in [0.05, 0.1) is 6.54 Å². The van der Waals surface area contributed by atoms with Gasteiger partial charge in [0.2, 0.25) is 5.28 Å². The summed E-state index contributed by atoms with van der Waals surface area (Å²) in [5.74, 6) is 1.67. The number of aromatic nitrogens is 4. The van der Waals surface area contributed by atoms with Gasteiger partial charge in [-0.1, -0.05) is 12.1 Å². The third-order valence-electron chi connectivity index (χ3n) is 2.25. The third-order valence-corrected chi connectivity index (χ3v) is 2.53. The van der Waals surface area contributed by atoms with Crippen molar-refractivity contribution in [3.8, 4) is 0 Å². The lowest BCUT2D eigenvalue weighted by Gasteiger charge is -2.03. The molecule has 0 aliphatic rings. The van der Waals surface area contributed by atoms with Gasteiger partial charge in [-0.05, 0) is 24.9 Å². The van der Waals surface area contributed by atoms with Gasteiger partial charge in [-0.25, -0.2) is 0 Å². The van der Waals surface area contributed by atoms with Crippen molar-refractivity contribution in [2.75, 3.05) is 0 Å². The predicted octanol–water partition coefficient (Wildman–Crippen LogP) is 2.23. The van der Waals surface area contributed by atoms with Crippen LogP contribution in [0.1, 0.15) is 30.6 Å². The molecule has 2 heterocycles. The lowest BCUT2D eigenvalue weighted by molar-refractivity contribution is 0.388. The molecule has 2 aromatic rings. The number of nitrogens with zero attached hydrogens (tertiary/aromatic N) is 4. The first-order chi connectivity index (χ1) is 7.70. The topological polar surface area (TPSA) is 56.7 Å². The first kappa shape index (κ1) is 11.1. The number of hydrogen-bond acceptors (Lipinski definition) is 4. The van der Waals surface area contributed by atoms with Gasteiger partial charge < -0.3 is 4.52 Å². The van der Waals surface area contributed by atoms with Crippen molar-refractivity contribution in [3.63, 3.8) is 0 Å². The van der Waals surface area contributed by atoms with Crippen molar-refractivity contribution < 1.29 is 4.52 Å². The standard InChI is InChI=1S/C10H13ClN4O/c1-3-4-9-12-13-10(11)15(9)6-8-5-7(2)16-14-8/h5H,3-4,6H2,1-2H3. The van der Waals surface area contributed by atoms with Crippen molar-refractivity contribution in [3.05, 3.63) is 28.6 Å². The molecule has 0 fully saturated rings. The number of rotatable bonds is 4. The summed E-state index contributed by atoms with van der Waals surface area (Å²) in [5, 5.41) is 12.2. The summed E-state index contributed by atoms with van der Waals surface area (Å²) < 4.78 is 6.86. The third kappa shape index (κ3) is 2.24. The van der Waals surface area contributed by atoms with Crippen LogP contribution in [0.4, 0.5) is 0 Å². The Balaban J connectivity index is 2.22. The Morgan fingerprint density at radius 2 is 2.25 bits per heavy atom. The van der Waals surface area contributed by atoms with Crippen molar-refractivity contribution in [1.82, 2.24) is 19.9 Å².